The highest BCUT2D eigenvalue weighted by Crippen LogP contribution is 2.49. The van der Waals surface area contributed by atoms with E-state index in [4.69, 9.17) is 13.1 Å². The van der Waals surface area contributed by atoms with E-state index in [2.05, 4.69) is 72.1 Å². The lowest BCUT2D eigenvalue weighted by molar-refractivity contribution is 0.608. The lowest BCUT2D eigenvalue weighted by Gasteiger charge is -2.01. The Morgan fingerprint density at radius 2 is 0.815 bits per heavy atom. The number of nitriles is 2. The first kappa shape index (κ1) is 39.8. The van der Waals surface area contributed by atoms with E-state index in [0.29, 0.717) is 0 Å². The van der Waals surface area contributed by atoms with E-state index in [9.17, 15) is 10.5 Å². The van der Waals surface area contributed by atoms with Gasteiger partial charge in [0.15, 0.2) is 0 Å². The average Bonchev–Trinajstić information content (AvgIpc) is 4.02. The standard InChI is InChI=1S/C44H42N4S6/c1-5-7-9-11-13-15-17-29-19-35(49-33(29)21-31(27-45)47-3)37-23-39-41(51-37)25-43(53-39)44-26-42-40(54-44)24-38(52-42)36-20-30(18-16-14-12-10-8-6-2)34(50-36)22-32(28-46)48-4/h19-26H,5-18H2,1-2H3/b31-21-,32-22+. The molecule has 0 aliphatic carbocycles. The van der Waals surface area contributed by atoms with Gasteiger partial charge in [-0.15, -0.1) is 68.0 Å². The summed E-state index contributed by atoms with van der Waals surface area (Å²) in [5.74, 6) is 0. The molecule has 0 amide bonds. The molecule has 0 atom stereocenters. The number of fused-ring (bicyclic) bond motifs is 2. The van der Waals surface area contributed by atoms with Crippen LogP contribution >= 0.6 is 68.0 Å². The van der Waals surface area contributed by atoms with E-state index >= 15 is 0 Å². The molecule has 6 aromatic heterocycles. The SMILES string of the molecule is [C-]#[N+]/C(C#N)=C\c1sc(-c2cc3sc(-c4cc5sc(-c6cc(CCCCCCCC)c(/C=C(\C#N)[N+]#[C-])s6)cc5s4)cc3s2)cc1CCCCCCCC. The van der Waals surface area contributed by atoms with Crippen LogP contribution in [-0.2, 0) is 12.8 Å². The van der Waals surface area contributed by atoms with Gasteiger partial charge in [0.25, 0.3) is 11.4 Å². The third kappa shape index (κ3) is 9.87. The van der Waals surface area contributed by atoms with Gasteiger partial charge in [0.1, 0.15) is 0 Å². The van der Waals surface area contributed by atoms with Gasteiger partial charge in [0.05, 0.1) is 25.3 Å². The summed E-state index contributed by atoms with van der Waals surface area (Å²) in [4.78, 5) is 16.4. The fraction of sp³-hybridized carbons (Fsp3) is 0.364. The van der Waals surface area contributed by atoms with E-state index in [-0.39, 0.29) is 11.4 Å². The van der Waals surface area contributed by atoms with Crippen molar-refractivity contribution in [2.45, 2.75) is 104 Å². The molecule has 6 rings (SSSR count). The minimum absolute atomic E-state index is 0.142. The molecule has 0 aromatic carbocycles. The van der Waals surface area contributed by atoms with E-state index in [1.807, 2.05) is 45.3 Å². The summed E-state index contributed by atoms with van der Waals surface area (Å²) in [6, 6.07) is 18.0. The predicted molar refractivity (Wildman–Crippen MR) is 240 cm³/mol. The molecule has 274 valence electrons. The van der Waals surface area contributed by atoms with Crippen LogP contribution in [0.1, 0.15) is 112 Å². The molecule has 4 nitrogen and oxygen atoms in total. The van der Waals surface area contributed by atoms with Crippen LogP contribution in [0, 0.1) is 35.8 Å². The van der Waals surface area contributed by atoms with Crippen molar-refractivity contribution in [1.82, 2.24) is 0 Å². The Bertz CT molecular complexity index is 2180. The van der Waals surface area contributed by atoms with Gasteiger partial charge in [0.2, 0.25) is 0 Å². The Morgan fingerprint density at radius 3 is 1.13 bits per heavy atom. The van der Waals surface area contributed by atoms with E-state index in [0.717, 1.165) is 35.4 Å². The molecule has 0 spiro atoms. The number of rotatable bonds is 19. The normalized spacial score (nSPS) is 12.0. The number of allylic oxidation sites excluding steroid dienone is 2. The van der Waals surface area contributed by atoms with Crippen LogP contribution in [0.4, 0.5) is 0 Å². The second-order valence-electron chi connectivity index (χ2n) is 13.4. The zero-order chi connectivity index (χ0) is 37.9. The highest BCUT2D eigenvalue weighted by Gasteiger charge is 2.18. The summed E-state index contributed by atoms with van der Waals surface area (Å²) in [6.45, 7) is 19.3. The first-order chi connectivity index (χ1) is 26.5. The molecule has 0 aliphatic heterocycles. The molecular formula is C44H42N4S6. The minimum Gasteiger partial charge on any atom is -0.227 e. The summed E-state index contributed by atoms with van der Waals surface area (Å²) in [6.07, 6.45) is 20.4. The van der Waals surface area contributed by atoms with Crippen LogP contribution in [0.15, 0.2) is 47.8 Å². The molecule has 54 heavy (non-hydrogen) atoms. The van der Waals surface area contributed by atoms with Crippen molar-refractivity contribution < 1.29 is 0 Å². The molecule has 6 aromatic rings. The van der Waals surface area contributed by atoms with Crippen LogP contribution in [-0.4, -0.2) is 0 Å². The Labute approximate surface area is 343 Å². The van der Waals surface area contributed by atoms with E-state index in [1.165, 1.54) is 123 Å². The van der Waals surface area contributed by atoms with Gasteiger partial charge in [0, 0.05) is 57.8 Å². The van der Waals surface area contributed by atoms with Gasteiger partial charge in [-0.3, -0.25) is 0 Å². The number of aryl methyl sites for hydroxylation is 2. The lowest BCUT2D eigenvalue weighted by atomic mass is 10.0. The number of hydrogen-bond acceptors (Lipinski definition) is 8. The van der Waals surface area contributed by atoms with Crippen LogP contribution < -0.4 is 0 Å². The summed E-state index contributed by atoms with van der Waals surface area (Å²) in [7, 11) is 0. The summed E-state index contributed by atoms with van der Waals surface area (Å²) in [5.41, 5.74) is 2.78. The third-order valence-corrected chi connectivity index (χ3v) is 16.9. The van der Waals surface area contributed by atoms with Gasteiger partial charge in [-0.25, -0.2) is 20.2 Å². The van der Waals surface area contributed by atoms with Gasteiger partial charge >= 0.3 is 0 Å². The van der Waals surface area contributed by atoms with E-state index in [1.54, 1.807) is 34.8 Å². The summed E-state index contributed by atoms with van der Waals surface area (Å²) >= 11 is 10.7. The summed E-state index contributed by atoms with van der Waals surface area (Å²) in [5, 5.41) is 18.9. The first-order valence-electron chi connectivity index (χ1n) is 18.8. The fourth-order valence-corrected chi connectivity index (χ4v) is 13.8. The molecular weight excluding hydrogens is 777 g/mol. The fourth-order valence-electron chi connectivity index (χ4n) is 6.54. The van der Waals surface area contributed by atoms with Crippen molar-refractivity contribution >= 4 is 99.0 Å². The molecule has 10 heteroatoms. The zero-order valence-electron chi connectivity index (χ0n) is 30.8. The highest BCUT2D eigenvalue weighted by atomic mass is 32.1. The molecule has 0 radical (unpaired) electrons. The molecule has 0 bridgehead atoms. The molecule has 0 saturated heterocycles. The maximum atomic E-state index is 9.45. The van der Waals surface area contributed by atoms with Crippen molar-refractivity contribution in [1.29, 1.82) is 10.5 Å². The zero-order valence-corrected chi connectivity index (χ0v) is 35.7. The second-order valence-corrected chi connectivity index (χ2v) is 19.9. The maximum absolute atomic E-state index is 9.45. The van der Waals surface area contributed by atoms with Gasteiger partial charge in [-0.1, -0.05) is 78.1 Å². The average molecular weight is 819 g/mol. The third-order valence-electron chi connectivity index (χ3n) is 9.43. The minimum atomic E-state index is 0.142. The Balaban J connectivity index is 1.19. The van der Waals surface area contributed by atoms with Crippen molar-refractivity contribution in [3.8, 4) is 41.4 Å². The Morgan fingerprint density at radius 1 is 0.500 bits per heavy atom. The van der Waals surface area contributed by atoms with Gasteiger partial charge in [-0.05, 0) is 85.4 Å². The smallest absolute Gasteiger partial charge is 0.227 e. The van der Waals surface area contributed by atoms with E-state index < -0.39 is 0 Å². The second kappa shape index (κ2) is 19.7. The number of hydrogen-bond donors (Lipinski definition) is 0. The van der Waals surface area contributed by atoms with Crippen LogP contribution in [0.2, 0.25) is 0 Å². The molecule has 0 fully saturated rings. The number of thiophene rings is 6. The molecule has 0 saturated carbocycles. The topological polar surface area (TPSA) is 56.3 Å². The predicted octanol–water partition coefficient (Wildman–Crippen LogP) is 16.7. The Kier molecular flexibility index (Phi) is 14.5. The maximum Gasteiger partial charge on any atom is 0.263 e. The van der Waals surface area contributed by atoms with Crippen LogP contribution in [0.25, 0.3) is 69.9 Å². The van der Waals surface area contributed by atoms with Crippen LogP contribution in [0.5, 0.6) is 0 Å². The van der Waals surface area contributed by atoms with Crippen molar-refractivity contribution in [3.05, 3.63) is 91.5 Å². The van der Waals surface area contributed by atoms with Crippen molar-refractivity contribution in [2.24, 2.45) is 0 Å². The number of unbranched alkanes of at least 4 members (excludes halogenated alkanes) is 10. The first-order valence-corrected chi connectivity index (χ1v) is 23.7. The van der Waals surface area contributed by atoms with Gasteiger partial charge in [-0.2, -0.15) is 0 Å². The highest BCUT2D eigenvalue weighted by molar-refractivity contribution is 7.36. The van der Waals surface area contributed by atoms with Gasteiger partial charge < -0.3 is 0 Å². The molecule has 0 unspecified atom stereocenters. The molecule has 0 N–H and O–H groups in total. The van der Waals surface area contributed by atoms with Crippen LogP contribution in [0.3, 0.4) is 0 Å². The number of nitrogens with zero attached hydrogens (tertiary/aromatic N) is 4. The quantitative estimate of drug-likeness (QED) is 0.0464. The molecule has 0 aliphatic rings. The monoisotopic (exact) mass is 818 g/mol. The lowest BCUT2D eigenvalue weighted by Crippen LogP contribution is -1.86. The molecule has 6 heterocycles. The summed E-state index contributed by atoms with van der Waals surface area (Å²) < 4.78 is 5.16. The largest absolute Gasteiger partial charge is 0.263 e. The van der Waals surface area contributed by atoms with Crippen molar-refractivity contribution in [2.75, 3.05) is 0 Å². The Hall–Kier alpha value is -3.84. The van der Waals surface area contributed by atoms with Crippen molar-refractivity contribution in [3.63, 3.8) is 0 Å².